The highest BCUT2D eigenvalue weighted by Gasteiger charge is 2.47. The molecule has 2 aromatic carbocycles. The number of hydrogen-bond acceptors (Lipinski definition) is 5. The Bertz CT molecular complexity index is 1320. The molecule has 0 radical (unpaired) electrons. The molecule has 0 bridgehead atoms. The highest BCUT2D eigenvalue weighted by molar-refractivity contribution is 7.90. The van der Waals surface area contributed by atoms with E-state index in [0.717, 1.165) is 88.7 Å². The van der Waals surface area contributed by atoms with E-state index in [1.165, 1.54) is 6.26 Å². The van der Waals surface area contributed by atoms with Crippen LogP contribution >= 0.6 is 24.0 Å². The van der Waals surface area contributed by atoms with Crippen molar-refractivity contribution in [3.05, 3.63) is 64.7 Å². The zero-order chi connectivity index (χ0) is 28.3. The molecule has 2 saturated heterocycles. The van der Waals surface area contributed by atoms with Gasteiger partial charge in [-0.25, -0.2) is 8.42 Å². The van der Waals surface area contributed by atoms with Gasteiger partial charge >= 0.3 is 0 Å². The van der Waals surface area contributed by atoms with Crippen LogP contribution in [0.4, 0.5) is 0 Å². The Hall–Kier alpha value is -2.13. The molecule has 1 atom stereocenters. The first-order chi connectivity index (χ1) is 19.1. The van der Waals surface area contributed by atoms with Crippen molar-refractivity contribution >= 4 is 45.7 Å². The fourth-order valence-electron chi connectivity index (χ4n) is 6.63. The van der Waals surface area contributed by atoms with Crippen LogP contribution in [0.25, 0.3) is 0 Å². The van der Waals surface area contributed by atoms with Crippen LogP contribution in [0.15, 0.2) is 53.4 Å². The molecule has 10 heteroatoms. The molecule has 41 heavy (non-hydrogen) atoms. The smallest absolute Gasteiger partial charge is 0.229 e. The molecule has 1 N–H and O–H groups in total. The van der Waals surface area contributed by atoms with Gasteiger partial charge in [0.15, 0.2) is 9.84 Å². The largest absolute Gasteiger partial charge is 0.349 e. The van der Waals surface area contributed by atoms with Crippen molar-refractivity contribution in [2.45, 2.75) is 68.8 Å². The molecule has 1 unspecified atom stereocenters. The van der Waals surface area contributed by atoms with Gasteiger partial charge in [0.1, 0.15) is 0 Å². The van der Waals surface area contributed by atoms with Crippen molar-refractivity contribution in [2.75, 3.05) is 32.4 Å². The fourth-order valence-corrected chi connectivity index (χ4v) is 7.52. The van der Waals surface area contributed by atoms with Crippen LogP contribution in [-0.4, -0.2) is 62.5 Å². The second kappa shape index (κ2) is 13.4. The number of halogens is 2. The van der Waals surface area contributed by atoms with Gasteiger partial charge < -0.3 is 15.1 Å². The molecule has 2 aliphatic heterocycles. The molecule has 2 aromatic rings. The predicted molar refractivity (Wildman–Crippen MR) is 164 cm³/mol. The minimum Gasteiger partial charge on any atom is -0.349 e. The molecule has 3 aliphatic rings. The summed E-state index contributed by atoms with van der Waals surface area (Å²) in [6, 6.07) is 14.5. The number of hydrogen-bond donors (Lipinski definition) is 1. The standard InChI is InChI=1S/C31H40ClN3O4S.ClH/c1-40(38,39)25-12-10-23(11-13-25)22-35-21-17-31(30(35)37)15-19-34(20-16-31)18-14-28(26-8-4-5-9-27(26)32)33-29(36)24-6-2-3-7-24;/h4-5,8-13,24,28H,2-3,6-7,14-22H2,1H3,(H,33,36);1H. The maximum atomic E-state index is 13.5. The van der Waals surface area contributed by atoms with E-state index in [4.69, 9.17) is 11.6 Å². The Balaban J connectivity index is 0.00000387. The number of nitrogens with one attached hydrogen (secondary N) is 1. The van der Waals surface area contributed by atoms with Crippen LogP contribution < -0.4 is 5.32 Å². The number of rotatable bonds is 9. The first-order valence-electron chi connectivity index (χ1n) is 14.5. The van der Waals surface area contributed by atoms with E-state index in [9.17, 15) is 18.0 Å². The maximum Gasteiger partial charge on any atom is 0.229 e. The van der Waals surface area contributed by atoms with Crippen LogP contribution in [0.1, 0.15) is 68.5 Å². The third-order valence-electron chi connectivity index (χ3n) is 9.20. The summed E-state index contributed by atoms with van der Waals surface area (Å²) < 4.78 is 23.5. The van der Waals surface area contributed by atoms with Gasteiger partial charge in [-0.3, -0.25) is 9.59 Å². The summed E-state index contributed by atoms with van der Waals surface area (Å²) in [5.41, 5.74) is 1.61. The molecule has 224 valence electrons. The summed E-state index contributed by atoms with van der Waals surface area (Å²) in [4.78, 5) is 31.1. The number of amides is 2. The molecule has 3 fully saturated rings. The van der Waals surface area contributed by atoms with E-state index in [1.807, 2.05) is 29.2 Å². The highest BCUT2D eigenvalue weighted by atomic mass is 35.5. The average Bonchev–Trinajstić information content (AvgIpc) is 3.58. The zero-order valence-electron chi connectivity index (χ0n) is 23.7. The maximum absolute atomic E-state index is 13.5. The molecule has 1 spiro atoms. The first-order valence-corrected chi connectivity index (χ1v) is 16.8. The van der Waals surface area contributed by atoms with Gasteiger partial charge in [0.05, 0.1) is 16.4 Å². The average molecular weight is 623 g/mol. The number of sulfone groups is 1. The van der Waals surface area contributed by atoms with Crippen LogP contribution in [-0.2, 0) is 26.0 Å². The molecule has 5 rings (SSSR count). The SMILES string of the molecule is CS(=O)(=O)c1ccc(CN2CCC3(CCN(CCC(NC(=O)C4CCCC4)c4ccccc4Cl)CC3)C2=O)cc1.Cl. The second-order valence-electron chi connectivity index (χ2n) is 11.9. The van der Waals surface area contributed by atoms with Gasteiger partial charge in [0.2, 0.25) is 11.8 Å². The molecule has 1 aliphatic carbocycles. The van der Waals surface area contributed by atoms with Crippen molar-refractivity contribution in [3.63, 3.8) is 0 Å². The van der Waals surface area contributed by atoms with Crippen LogP contribution in [0.3, 0.4) is 0 Å². The monoisotopic (exact) mass is 621 g/mol. The second-order valence-corrected chi connectivity index (χ2v) is 14.3. The van der Waals surface area contributed by atoms with E-state index in [-0.39, 0.29) is 41.6 Å². The molecule has 1 saturated carbocycles. The Morgan fingerprint density at radius 1 is 1.02 bits per heavy atom. The topological polar surface area (TPSA) is 86.8 Å². The number of nitrogens with zero attached hydrogens (tertiary/aromatic N) is 2. The number of likely N-dealkylation sites (tertiary alicyclic amines) is 2. The van der Waals surface area contributed by atoms with E-state index >= 15 is 0 Å². The van der Waals surface area contributed by atoms with E-state index in [0.29, 0.717) is 16.5 Å². The van der Waals surface area contributed by atoms with Crippen LogP contribution in [0.2, 0.25) is 5.02 Å². The van der Waals surface area contributed by atoms with Crippen molar-refractivity contribution in [3.8, 4) is 0 Å². The molecule has 7 nitrogen and oxygen atoms in total. The normalized spacial score (nSPS) is 20.2. The third kappa shape index (κ3) is 7.45. The quantitative estimate of drug-likeness (QED) is 0.404. The number of piperidine rings is 1. The number of benzene rings is 2. The molecular weight excluding hydrogens is 581 g/mol. The fraction of sp³-hybridized carbons (Fsp3) is 0.548. The van der Waals surface area contributed by atoms with E-state index in [1.54, 1.807) is 24.3 Å². The van der Waals surface area contributed by atoms with Gasteiger partial charge in [-0.15, -0.1) is 12.4 Å². The predicted octanol–water partition coefficient (Wildman–Crippen LogP) is 5.42. The van der Waals surface area contributed by atoms with Gasteiger partial charge in [-0.05, 0) is 80.9 Å². The molecule has 2 amide bonds. The summed E-state index contributed by atoms with van der Waals surface area (Å²) in [6.45, 7) is 3.79. The zero-order valence-corrected chi connectivity index (χ0v) is 26.1. The summed E-state index contributed by atoms with van der Waals surface area (Å²) in [5.74, 6) is 0.466. The van der Waals surface area contributed by atoms with Crippen LogP contribution in [0.5, 0.6) is 0 Å². The highest BCUT2D eigenvalue weighted by Crippen LogP contribution is 2.42. The summed E-state index contributed by atoms with van der Waals surface area (Å²) in [6.07, 6.45) is 8.68. The Morgan fingerprint density at radius 2 is 1.66 bits per heavy atom. The molecule has 0 aromatic heterocycles. The Morgan fingerprint density at radius 3 is 2.29 bits per heavy atom. The Kier molecular flexibility index (Phi) is 10.4. The van der Waals surface area contributed by atoms with E-state index in [2.05, 4.69) is 10.2 Å². The number of carbonyl (C=O) groups excluding carboxylic acids is 2. The van der Waals surface area contributed by atoms with Gasteiger partial charge in [0.25, 0.3) is 0 Å². The lowest BCUT2D eigenvalue weighted by atomic mass is 9.77. The van der Waals surface area contributed by atoms with Crippen LogP contribution in [0, 0.1) is 11.3 Å². The van der Waals surface area contributed by atoms with Crippen molar-refractivity contribution in [2.24, 2.45) is 11.3 Å². The van der Waals surface area contributed by atoms with Crippen molar-refractivity contribution < 1.29 is 18.0 Å². The summed E-state index contributed by atoms with van der Waals surface area (Å²) >= 11 is 6.55. The minimum absolute atomic E-state index is 0. The molecular formula is C31H41Cl2N3O4S. The van der Waals surface area contributed by atoms with E-state index < -0.39 is 9.84 Å². The minimum atomic E-state index is -3.24. The lowest BCUT2D eigenvalue weighted by molar-refractivity contribution is -0.139. The lowest BCUT2D eigenvalue weighted by Crippen LogP contribution is -2.45. The summed E-state index contributed by atoms with van der Waals surface area (Å²) in [5, 5.41) is 3.99. The van der Waals surface area contributed by atoms with Crippen molar-refractivity contribution in [1.29, 1.82) is 0 Å². The van der Waals surface area contributed by atoms with Crippen molar-refractivity contribution in [1.82, 2.24) is 15.1 Å². The number of carbonyl (C=O) groups is 2. The first kappa shape index (κ1) is 31.8. The van der Waals surface area contributed by atoms with Gasteiger partial charge in [0, 0.05) is 36.8 Å². The lowest BCUT2D eigenvalue weighted by Gasteiger charge is -2.38. The summed E-state index contributed by atoms with van der Waals surface area (Å²) in [7, 11) is -3.24. The van der Waals surface area contributed by atoms with Gasteiger partial charge in [-0.1, -0.05) is 54.8 Å². The third-order valence-corrected chi connectivity index (χ3v) is 10.7. The molecule has 2 heterocycles. The van der Waals surface area contributed by atoms with Gasteiger partial charge in [-0.2, -0.15) is 0 Å². The Labute approximate surface area is 255 Å².